The van der Waals surface area contributed by atoms with Gasteiger partial charge in [-0.05, 0) is 0 Å². The van der Waals surface area contributed by atoms with Gasteiger partial charge in [0.15, 0.2) is 11.6 Å². The molecule has 0 fully saturated rings. The largest absolute Gasteiger partial charge is 0.420 e. The lowest BCUT2D eigenvalue weighted by atomic mass is 10.3. The molecule has 0 aliphatic heterocycles. The molecular weight excluding hydrogens is 180 g/mol. The van der Waals surface area contributed by atoms with Crippen LogP contribution in [-0.2, 0) is 4.79 Å². The van der Waals surface area contributed by atoms with E-state index >= 15 is 0 Å². The van der Waals surface area contributed by atoms with Gasteiger partial charge < -0.3 is 10.5 Å². The molecule has 0 amide bonds. The van der Waals surface area contributed by atoms with Crippen molar-refractivity contribution >= 4 is 11.7 Å². The minimum absolute atomic E-state index is 0.0640. The lowest BCUT2D eigenvalue weighted by molar-refractivity contribution is -0.132. The maximum atomic E-state index is 12.9. The summed E-state index contributed by atoms with van der Waals surface area (Å²) in [7, 11) is 0. The van der Waals surface area contributed by atoms with E-state index in [0.29, 0.717) is 0 Å². The second kappa shape index (κ2) is 3.38. The fourth-order valence-corrected chi connectivity index (χ4v) is 0.821. The molecule has 0 saturated carbocycles. The molecule has 5 heteroatoms. The van der Waals surface area contributed by atoms with E-state index < -0.39 is 23.4 Å². The Balaban J connectivity index is 3.13. The van der Waals surface area contributed by atoms with Gasteiger partial charge >= 0.3 is 5.97 Å². The molecule has 13 heavy (non-hydrogen) atoms. The Bertz CT molecular complexity index is 329. The van der Waals surface area contributed by atoms with Crippen molar-refractivity contribution in [1.82, 2.24) is 0 Å². The zero-order valence-electron chi connectivity index (χ0n) is 6.80. The first kappa shape index (κ1) is 9.44. The SMILES string of the molecule is CC(=O)Oc1c(F)cc(N)cc1F. The van der Waals surface area contributed by atoms with Crippen LogP contribution in [0.1, 0.15) is 6.92 Å². The van der Waals surface area contributed by atoms with E-state index in [1.165, 1.54) is 0 Å². The molecule has 0 aliphatic carbocycles. The number of halogens is 2. The summed E-state index contributed by atoms with van der Waals surface area (Å²) in [6.45, 7) is 1.05. The monoisotopic (exact) mass is 187 g/mol. The number of hydrogen-bond donors (Lipinski definition) is 1. The average Bonchev–Trinajstić information content (AvgIpc) is 1.96. The third-order valence-corrected chi connectivity index (χ3v) is 1.27. The maximum Gasteiger partial charge on any atom is 0.308 e. The Morgan fingerprint density at radius 3 is 2.23 bits per heavy atom. The molecule has 0 heterocycles. The van der Waals surface area contributed by atoms with Crippen LogP contribution in [0.5, 0.6) is 5.75 Å². The van der Waals surface area contributed by atoms with Gasteiger partial charge in [-0.1, -0.05) is 0 Å². The molecule has 1 aromatic rings. The van der Waals surface area contributed by atoms with E-state index in [1.807, 2.05) is 0 Å². The highest BCUT2D eigenvalue weighted by Gasteiger charge is 2.13. The third kappa shape index (κ3) is 2.14. The summed E-state index contributed by atoms with van der Waals surface area (Å²) < 4.78 is 30.0. The second-order valence-electron chi connectivity index (χ2n) is 2.41. The predicted molar refractivity (Wildman–Crippen MR) is 42.1 cm³/mol. The second-order valence-corrected chi connectivity index (χ2v) is 2.41. The third-order valence-electron chi connectivity index (χ3n) is 1.27. The van der Waals surface area contributed by atoms with Gasteiger partial charge in [0.1, 0.15) is 0 Å². The molecule has 0 aromatic heterocycles. The Labute approximate surface area is 73.1 Å². The highest BCUT2D eigenvalue weighted by molar-refractivity contribution is 5.69. The molecule has 1 aromatic carbocycles. The lowest BCUT2D eigenvalue weighted by Crippen LogP contribution is -2.05. The van der Waals surface area contributed by atoms with Gasteiger partial charge in [-0.3, -0.25) is 4.79 Å². The van der Waals surface area contributed by atoms with E-state index in [4.69, 9.17) is 5.73 Å². The van der Waals surface area contributed by atoms with Crippen molar-refractivity contribution in [2.45, 2.75) is 6.92 Å². The van der Waals surface area contributed by atoms with Crippen molar-refractivity contribution in [3.05, 3.63) is 23.8 Å². The van der Waals surface area contributed by atoms with Gasteiger partial charge in [0.2, 0.25) is 5.75 Å². The molecule has 0 saturated heterocycles. The summed E-state index contributed by atoms with van der Waals surface area (Å²) in [5, 5.41) is 0. The number of nitrogen functional groups attached to an aromatic ring is 1. The number of nitrogens with two attached hydrogens (primary N) is 1. The van der Waals surface area contributed by atoms with Crippen LogP contribution in [-0.4, -0.2) is 5.97 Å². The Morgan fingerprint density at radius 1 is 1.38 bits per heavy atom. The fourth-order valence-electron chi connectivity index (χ4n) is 0.821. The van der Waals surface area contributed by atoms with Gasteiger partial charge in [-0.25, -0.2) is 8.78 Å². The van der Waals surface area contributed by atoms with Gasteiger partial charge in [0.05, 0.1) is 0 Å². The van der Waals surface area contributed by atoms with Crippen molar-refractivity contribution in [3.8, 4) is 5.75 Å². The number of carbonyl (C=O) groups is 1. The number of carbonyl (C=O) groups excluding carboxylic acids is 1. The normalized spacial score (nSPS) is 9.77. The molecule has 0 aliphatic rings. The number of ether oxygens (including phenoxy) is 1. The quantitative estimate of drug-likeness (QED) is 0.411. The van der Waals surface area contributed by atoms with Crippen LogP contribution in [0.3, 0.4) is 0 Å². The number of esters is 1. The Morgan fingerprint density at radius 2 is 1.85 bits per heavy atom. The van der Waals surface area contributed by atoms with Crippen molar-refractivity contribution in [2.24, 2.45) is 0 Å². The molecule has 0 unspecified atom stereocenters. The summed E-state index contributed by atoms with van der Waals surface area (Å²) in [5.41, 5.74) is 5.07. The van der Waals surface area contributed by atoms with Crippen molar-refractivity contribution < 1.29 is 18.3 Å². The molecule has 0 atom stereocenters. The van der Waals surface area contributed by atoms with Gasteiger partial charge in [0, 0.05) is 24.7 Å². The van der Waals surface area contributed by atoms with Crippen LogP contribution < -0.4 is 10.5 Å². The molecule has 0 spiro atoms. The van der Waals surface area contributed by atoms with Crippen molar-refractivity contribution in [2.75, 3.05) is 5.73 Å². The van der Waals surface area contributed by atoms with Crippen LogP contribution in [0.15, 0.2) is 12.1 Å². The predicted octanol–water partition coefficient (Wildman–Crippen LogP) is 1.47. The molecule has 3 nitrogen and oxygen atoms in total. The highest BCUT2D eigenvalue weighted by atomic mass is 19.1. The zero-order valence-corrected chi connectivity index (χ0v) is 6.80. The highest BCUT2D eigenvalue weighted by Crippen LogP contribution is 2.24. The number of benzene rings is 1. The van der Waals surface area contributed by atoms with E-state index in [9.17, 15) is 13.6 Å². The molecule has 1 rings (SSSR count). The van der Waals surface area contributed by atoms with Gasteiger partial charge in [-0.2, -0.15) is 0 Å². The van der Waals surface area contributed by atoms with Crippen molar-refractivity contribution in [1.29, 1.82) is 0 Å². The molecule has 2 N–H and O–H groups in total. The van der Waals surface area contributed by atoms with E-state index in [1.54, 1.807) is 0 Å². The van der Waals surface area contributed by atoms with Crippen LogP contribution >= 0.6 is 0 Å². The summed E-state index contributed by atoms with van der Waals surface area (Å²) in [5.74, 6) is -3.50. The minimum atomic E-state index is -0.993. The van der Waals surface area contributed by atoms with Crippen LogP contribution in [0.2, 0.25) is 0 Å². The summed E-state index contributed by atoms with van der Waals surface area (Å²) >= 11 is 0. The minimum Gasteiger partial charge on any atom is -0.420 e. The first-order chi connectivity index (χ1) is 6.00. The van der Waals surface area contributed by atoms with E-state index in [-0.39, 0.29) is 5.69 Å². The maximum absolute atomic E-state index is 12.9. The number of rotatable bonds is 1. The average molecular weight is 187 g/mol. The Kier molecular flexibility index (Phi) is 2.46. The lowest BCUT2D eigenvalue weighted by Gasteiger charge is -2.04. The number of hydrogen-bond acceptors (Lipinski definition) is 3. The molecule has 70 valence electrons. The summed E-state index contributed by atoms with van der Waals surface area (Å²) in [6.07, 6.45) is 0. The molecular formula is C8H7F2NO2. The van der Waals surface area contributed by atoms with Gasteiger partial charge in [-0.15, -0.1) is 0 Å². The van der Waals surface area contributed by atoms with Gasteiger partial charge in [0.25, 0.3) is 0 Å². The van der Waals surface area contributed by atoms with Crippen LogP contribution in [0, 0.1) is 11.6 Å². The number of anilines is 1. The standard InChI is InChI=1S/C8H7F2NO2/c1-4(12)13-8-6(9)2-5(11)3-7(8)10/h2-3H,11H2,1H3. The van der Waals surface area contributed by atoms with E-state index in [2.05, 4.69) is 4.74 Å². The molecule has 0 bridgehead atoms. The zero-order chi connectivity index (χ0) is 10.0. The summed E-state index contributed by atoms with van der Waals surface area (Å²) in [6, 6.07) is 1.75. The topological polar surface area (TPSA) is 52.3 Å². The summed E-state index contributed by atoms with van der Waals surface area (Å²) in [4.78, 5) is 10.4. The Hall–Kier alpha value is -1.65. The first-order valence-electron chi connectivity index (χ1n) is 3.43. The smallest absolute Gasteiger partial charge is 0.308 e. The fraction of sp³-hybridized carbons (Fsp3) is 0.125. The molecule has 0 radical (unpaired) electrons. The first-order valence-corrected chi connectivity index (χ1v) is 3.43. The van der Waals surface area contributed by atoms with Crippen LogP contribution in [0.4, 0.5) is 14.5 Å². The van der Waals surface area contributed by atoms with E-state index in [0.717, 1.165) is 19.1 Å². The van der Waals surface area contributed by atoms with Crippen molar-refractivity contribution in [3.63, 3.8) is 0 Å². The van der Waals surface area contributed by atoms with Crippen LogP contribution in [0.25, 0.3) is 0 Å².